The Bertz CT molecular complexity index is 633. The molecule has 150 valence electrons. The number of benzene rings is 1. The van der Waals surface area contributed by atoms with Crippen LogP contribution in [0.2, 0.25) is 0 Å². The van der Waals surface area contributed by atoms with Gasteiger partial charge in [0.25, 0.3) is 5.91 Å². The van der Waals surface area contributed by atoms with E-state index in [0.29, 0.717) is 25.2 Å². The highest BCUT2D eigenvalue weighted by Crippen LogP contribution is 2.10. The quantitative estimate of drug-likeness (QED) is 0.237. The molecule has 0 bridgehead atoms. The van der Waals surface area contributed by atoms with Crippen LogP contribution < -0.4 is 16.0 Å². The monoisotopic (exact) mass is 487 g/mol. The normalized spacial score (nSPS) is 14.2. The molecule has 0 radical (unpaired) electrons. The highest BCUT2D eigenvalue weighted by molar-refractivity contribution is 14.0. The molecule has 2 amide bonds. The smallest absolute Gasteiger partial charge is 0.254 e. The van der Waals surface area contributed by atoms with Crippen LogP contribution in [0.1, 0.15) is 42.6 Å². The van der Waals surface area contributed by atoms with Gasteiger partial charge in [-0.2, -0.15) is 0 Å². The number of hydrogen-bond acceptors (Lipinski definition) is 3. The Hall–Kier alpha value is -1.84. The summed E-state index contributed by atoms with van der Waals surface area (Å²) in [5, 5.41) is 9.26. The molecule has 0 aromatic heterocycles. The third-order valence-corrected chi connectivity index (χ3v) is 4.11. The number of nitrogens with zero attached hydrogens (tertiary/aromatic N) is 2. The first-order valence-corrected chi connectivity index (χ1v) is 9.31. The number of unbranched alkanes of at least 4 members (excludes halogenated alkanes) is 1. The minimum Gasteiger partial charge on any atom is -0.357 e. The van der Waals surface area contributed by atoms with E-state index < -0.39 is 0 Å². The number of nitrogens with one attached hydrogen (secondary N) is 3. The van der Waals surface area contributed by atoms with Gasteiger partial charge in [0.15, 0.2) is 5.96 Å². The molecule has 1 saturated heterocycles. The van der Waals surface area contributed by atoms with Crippen molar-refractivity contribution in [3.8, 4) is 0 Å². The van der Waals surface area contributed by atoms with Crippen molar-refractivity contribution in [3.05, 3.63) is 35.4 Å². The SMILES string of the molecule is CCCCNC(=NCc1ccc(C(=O)N2CCNC(=O)C2)cc1)NCC.I. The molecule has 1 aromatic rings. The summed E-state index contributed by atoms with van der Waals surface area (Å²) in [6, 6.07) is 7.43. The average molecular weight is 487 g/mol. The summed E-state index contributed by atoms with van der Waals surface area (Å²) in [6.45, 7) is 7.64. The lowest BCUT2D eigenvalue weighted by atomic mass is 10.1. The van der Waals surface area contributed by atoms with Crippen LogP contribution in [0.25, 0.3) is 0 Å². The number of hydrogen-bond donors (Lipinski definition) is 3. The Kier molecular flexibility index (Phi) is 10.8. The number of piperazine rings is 1. The molecule has 0 aliphatic carbocycles. The van der Waals surface area contributed by atoms with Gasteiger partial charge in [-0.3, -0.25) is 9.59 Å². The maximum Gasteiger partial charge on any atom is 0.254 e. The van der Waals surface area contributed by atoms with Crippen LogP contribution in [0.4, 0.5) is 0 Å². The topological polar surface area (TPSA) is 85.8 Å². The van der Waals surface area contributed by atoms with Crippen LogP contribution in [0.5, 0.6) is 0 Å². The molecule has 7 nitrogen and oxygen atoms in total. The predicted octanol–water partition coefficient (Wildman–Crippen LogP) is 1.73. The summed E-state index contributed by atoms with van der Waals surface area (Å²) in [5.41, 5.74) is 1.63. The van der Waals surface area contributed by atoms with E-state index in [1.54, 1.807) is 17.0 Å². The van der Waals surface area contributed by atoms with Crippen LogP contribution >= 0.6 is 24.0 Å². The number of guanidine groups is 1. The van der Waals surface area contributed by atoms with Gasteiger partial charge in [-0.15, -0.1) is 24.0 Å². The first-order valence-electron chi connectivity index (χ1n) is 9.31. The highest BCUT2D eigenvalue weighted by Gasteiger charge is 2.21. The molecule has 8 heteroatoms. The first kappa shape index (κ1) is 23.2. The van der Waals surface area contributed by atoms with E-state index >= 15 is 0 Å². The van der Waals surface area contributed by atoms with E-state index in [0.717, 1.165) is 37.5 Å². The van der Waals surface area contributed by atoms with Crippen molar-refractivity contribution in [3.63, 3.8) is 0 Å². The molecule has 1 aliphatic heterocycles. The standard InChI is InChI=1S/C19H29N5O2.HI/c1-3-5-10-22-19(20-4-2)23-13-15-6-8-16(9-7-15)18(26)24-12-11-21-17(25)14-24;/h6-9H,3-5,10-14H2,1-2H3,(H,21,25)(H2,20,22,23);1H. The Labute approximate surface area is 178 Å². The largest absolute Gasteiger partial charge is 0.357 e. The van der Waals surface area contributed by atoms with Gasteiger partial charge in [-0.1, -0.05) is 25.5 Å². The summed E-state index contributed by atoms with van der Waals surface area (Å²) in [7, 11) is 0. The molecule has 1 heterocycles. The fourth-order valence-electron chi connectivity index (χ4n) is 2.64. The summed E-state index contributed by atoms with van der Waals surface area (Å²) in [6.07, 6.45) is 2.25. The number of halogens is 1. The van der Waals surface area contributed by atoms with E-state index in [1.807, 2.05) is 19.1 Å². The maximum absolute atomic E-state index is 12.5. The van der Waals surface area contributed by atoms with Gasteiger partial charge in [0.05, 0.1) is 13.1 Å². The van der Waals surface area contributed by atoms with Crippen molar-refractivity contribution < 1.29 is 9.59 Å². The van der Waals surface area contributed by atoms with Crippen molar-refractivity contribution >= 4 is 41.8 Å². The fourth-order valence-corrected chi connectivity index (χ4v) is 2.64. The Morgan fingerprint density at radius 3 is 2.59 bits per heavy atom. The van der Waals surface area contributed by atoms with Gasteiger partial charge in [-0.05, 0) is 31.0 Å². The average Bonchev–Trinajstić information content (AvgIpc) is 2.66. The Morgan fingerprint density at radius 1 is 1.22 bits per heavy atom. The lowest BCUT2D eigenvalue weighted by Gasteiger charge is -2.26. The highest BCUT2D eigenvalue weighted by atomic mass is 127. The lowest BCUT2D eigenvalue weighted by Crippen LogP contribution is -2.49. The second-order valence-electron chi connectivity index (χ2n) is 6.25. The minimum atomic E-state index is -0.109. The number of carbonyl (C=O) groups is 2. The van der Waals surface area contributed by atoms with Crippen molar-refractivity contribution in [2.24, 2.45) is 4.99 Å². The molecule has 0 saturated carbocycles. The molecule has 27 heavy (non-hydrogen) atoms. The minimum absolute atomic E-state index is 0. The first-order chi connectivity index (χ1) is 12.6. The summed E-state index contributed by atoms with van der Waals surface area (Å²) in [4.78, 5) is 30.0. The summed E-state index contributed by atoms with van der Waals surface area (Å²) < 4.78 is 0. The molecule has 0 atom stereocenters. The number of aliphatic imine (C=N–C) groups is 1. The zero-order chi connectivity index (χ0) is 18.8. The van der Waals surface area contributed by atoms with Crippen molar-refractivity contribution in [1.82, 2.24) is 20.9 Å². The summed E-state index contributed by atoms with van der Waals surface area (Å²) >= 11 is 0. The van der Waals surface area contributed by atoms with Gasteiger partial charge in [0.1, 0.15) is 0 Å². The molecule has 1 aliphatic rings. The van der Waals surface area contributed by atoms with Gasteiger partial charge in [0.2, 0.25) is 5.91 Å². The van der Waals surface area contributed by atoms with Crippen LogP contribution in [0, 0.1) is 0 Å². The molecule has 1 fully saturated rings. The third-order valence-electron chi connectivity index (χ3n) is 4.11. The van der Waals surface area contributed by atoms with Crippen LogP contribution in [-0.4, -0.2) is 55.4 Å². The zero-order valence-corrected chi connectivity index (χ0v) is 18.4. The lowest BCUT2D eigenvalue weighted by molar-refractivity contribution is -0.123. The van der Waals surface area contributed by atoms with Gasteiger partial charge >= 0.3 is 0 Å². The molecule has 1 aromatic carbocycles. The van der Waals surface area contributed by atoms with Crippen LogP contribution in [0.3, 0.4) is 0 Å². The van der Waals surface area contributed by atoms with Gasteiger partial charge in [-0.25, -0.2) is 4.99 Å². The van der Waals surface area contributed by atoms with Crippen LogP contribution in [-0.2, 0) is 11.3 Å². The van der Waals surface area contributed by atoms with Crippen molar-refractivity contribution in [2.45, 2.75) is 33.2 Å². The second kappa shape index (κ2) is 12.5. The summed E-state index contributed by atoms with van der Waals surface area (Å²) in [5.74, 6) is 0.590. The number of carbonyl (C=O) groups excluding carboxylic acids is 2. The Balaban J connectivity index is 0.00000364. The fraction of sp³-hybridized carbons (Fsp3) is 0.526. The predicted molar refractivity (Wildman–Crippen MR) is 118 cm³/mol. The van der Waals surface area contributed by atoms with Crippen LogP contribution in [0.15, 0.2) is 29.3 Å². The molecular weight excluding hydrogens is 457 g/mol. The van der Waals surface area contributed by atoms with Gasteiger partial charge in [0, 0.05) is 31.7 Å². The molecular formula is C19H30IN5O2. The van der Waals surface area contributed by atoms with E-state index in [9.17, 15) is 9.59 Å². The number of rotatable bonds is 7. The molecule has 3 N–H and O–H groups in total. The van der Waals surface area contributed by atoms with E-state index in [4.69, 9.17) is 0 Å². The number of amides is 2. The van der Waals surface area contributed by atoms with E-state index in [2.05, 4.69) is 27.9 Å². The molecule has 2 rings (SSSR count). The van der Waals surface area contributed by atoms with Gasteiger partial charge < -0.3 is 20.9 Å². The van der Waals surface area contributed by atoms with Crippen molar-refractivity contribution in [1.29, 1.82) is 0 Å². The molecule has 0 unspecified atom stereocenters. The zero-order valence-electron chi connectivity index (χ0n) is 16.1. The third kappa shape index (κ3) is 7.74. The maximum atomic E-state index is 12.5. The van der Waals surface area contributed by atoms with E-state index in [-0.39, 0.29) is 42.3 Å². The molecule has 0 spiro atoms. The van der Waals surface area contributed by atoms with Crippen molar-refractivity contribution in [2.75, 3.05) is 32.7 Å². The van der Waals surface area contributed by atoms with E-state index in [1.165, 1.54) is 0 Å². The second-order valence-corrected chi connectivity index (χ2v) is 6.25. The Morgan fingerprint density at radius 2 is 1.96 bits per heavy atom.